The standard InChI is InChI=1S/C18H23NO3/c1-12(2)10-11-16-18(21)22-14(4)17(20)19(16)13(3)15-8-6-5-7-9-15/h5-10,13-14,16H,11H2,1-4H3/t13-,14+,16-/m0/s1. The number of rotatable bonds is 4. The first-order valence-electron chi connectivity index (χ1n) is 7.62. The van der Waals surface area contributed by atoms with Gasteiger partial charge in [0, 0.05) is 0 Å². The molecule has 1 fully saturated rings. The molecule has 4 heteroatoms. The van der Waals surface area contributed by atoms with Crippen LogP contribution in [0.15, 0.2) is 42.0 Å². The molecule has 1 aliphatic rings. The molecule has 22 heavy (non-hydrogen) atoms. The van der Waals surface area contributed by atoms with Crippen LogP contribution in [0.2, 0.25) is 0 Å². The van der Waals surface area contributed by atoms with Gasteiger partial charge in [-0.1, -0.05) is 42.0 Å². The van der Waals surface area contributed by atoms with Crippen molar-refractivity contribution in [3.8, 4) is 0 Å². The van der Waals surface area contributed by atoms with Crippen molar-refractivity contribution in [3.63, 3.8) is 0 Å². The monoisotopic (exact) mass is 301 g/mol. The van der Waals surface area contributed by atoms with Crippen molar-refractivity contribution in [2.24, 2.45) is 0 Å². The fourth-order valence-electron chi connectivity index (χ4n) is 2.69. The van der Waals surface area contributed by atoms with Gasteiger partial charge < -0.3 is 9.64 Å². The third-order valence-electron chi connectivity index (χ3n) is 3.95. The van der Waals surface area contributed by atoms with Crippen molar-refractivity contribution in [1.29, 1.82) is 0 Å². The molecular formula is C18H23NO3. The number of morpholine rings is 1. The Kier molecular flexibility index (Phi) is 5.01. The van der Waals surface area contributed by atoms with E-state index in [1.165, 1.54) is 0 Å². The molecule has 1 amide bonds. The van der Waals surface area contributed by atoms with Crippen molar-refractivity contribution in [2.45, 2.75) is 52.3 Å². The van der Waals surface area contributed by atoms with Gasteiger partial charge in [0.25, 0.3) is 5.91 Å². The fraction of sp³-hybridized carbons (Fsp3) is 0.444. The minimum atomic E-state index is -0.721. The zero-order valence-electron chi connectivity index (χ0n) is 13.6. The van der Waals surface area contributed by atoms with Gasteiger partial charge in [-0.25, -0.2) is 4.79 Å². The van der Waals surface area contributed by atoms with E-state index in [0.717, 1.165) is 11.1 Å². The summed E-state index contributed by atoms with van der Waals surface area (Å²) in [6.07, 6.45) is 1.73. The Labute approximate surface area is 131 Å². The second-order valence-corrected chi connectivity index (χ2v) is 5.94. The zero-order chi connectivity index (χ0) is 16.3. The molecule has 0 aliphatic carbocycles. The molecule has 2 rings (SSSR count). The van der Waals surface area contributed by atoms with Gasteiger partial charge >= 0.3 is 5.97 Å². The second kappa shape index (κ2) is 6.77. The number of ether oxygens (including phenoxy) is 1. The molecule has 1 aromatic carbocycles. The summed E-state index contributed by atoms with van der Waals surface area (Å²) in [5.74, 6) is -0.463. The Morgan fingerprint density at radius 2 is 1.91 bits per heavy atom. The molecule has 0 unspecified atom stereocenters. The van der Waals surface area contributed by atoms with Crippen molar-refractivity contribution in [2.75, 3.05) is 0 Å². The summed E-state index contributed by atoms with van der Waals surface area (Å²) in [6, 6.07) is 9.03. The summed E-state index contributed by atoms with van der Waals surface area (Å²) in [5, 5.41) is 0. The number of cyclic esters (lactones) is 1. The van der Waals surface area contributed by atoms with Crippen molar-refractivity contribution in [1.82, 2.24) is 4.90 Å². The summed E-state index contributed by atoms with van der Waals surface area (Å²) < 4.78 is 5.20. The van der Waals surface area contributed by atoms with E-state index < -0.39 is 12.1 Å². The Bertz CT molecular complexity index is 575. The minimum absolute atomic E-state index is 0.136. The molecule has 0 radical (unpaired) electrons. The molecule has 0 spiro atoms. The summed E-state index contributed by atoms with van der Waals surface area (Å²) in [4.78, 5) is 26.5. The Morgan fingerprint density at radius 3 is 2.50 bits per heavy atom. The number of carbonyl (C=O) groups excluding carboxylic acids is 2. The highest BCUT2D eigenvalue weighted by atomic mass is 16.6. The Morgan fingerprint density at radius 1 is 1.27 bits per heavy atom. The van der Waals surface area contributed by atoms with Crippen LogP contribution >= 0.6 is 0 Å². The lowest BCUT2D eigenvalue weighted by molar-refractivity contribution is -0.179. The molecule has 4 nitrogen and oxygen atoms in total. The van der Waals surface area contributed by atoms with E-state index in [4.69, 9.17) is 4.74 Å². The number of amides is 1. The van der Waals surface area contributed by atoms with Gasteiger partial charge in [-0.05, 0) is 39.7 Å². The highest BCUT2D eigenvalue weighted by Crippen LogP contribution is 2.29. The normalized spacial score (nSPS) is 23.0. The largest absolute Gasteiger partial charge is 0.451 e. The third kappa shape index (κ3) is 3.38. The maximum absolute atomic E-state index is 12.6. The Hall–Kier alpha value is -2.10. The first-order valence-corrected chi connectivity index (χ1v) is 7.62. The maximum atomic E-state index is 12.6. The molecule has 0 aromatic heterocycles. The van der Waals surface area contributed by atoms with Crippen molar-refractivity contribution in [3.05, 3.63) is 47.5 Å². The van der Waals surface area contributed by atoms with Crippen LogP contribution in [0, 0.1) is 0 Å². The van der Waals surface area contributed by atoms with Gasteiger partial charge in [-0.3, -0.25) is 4.79 Å². The van der Waals surface area contributed by atoms with Crippen molar-refractivity contribution < 1.29 is 14.3 Å². The third-order valence-corrected chi connectivity index (χ3v) is 3.95. The molecular weight excluding hydrogens is 278 g/mol. The van der Waals surface area contributed by atoms with Crippen LogP contribution in [-0.2, 0) is 14.3 Å². The highest BCUT2D eigenvalue weighted by molar-refractivity contribution is 5.92. The summed E-state index contributed by atoms with van der Waals surface area (Å²) in [7, 11) is 0. The SMILES string of the molecule is CC(C)=CC[C@H]1C(=O)O[C@H](C)C(=O)N1[C@@H](C)c1ccccc1. The number of allylic oxidation sites excluding steroid dienone is 1. The fourth-order valence-corrected chi connectivity index (χ4v) is 2.69. The average Bonchev–Trinajstić information content (AvgIpc) is 2.49. The van der Waals surface area contributed by atoms with E-state index in [9.17, 15) is 9.59 Å². The van der Waals surface area contributed by atoms with Crippen LogP contribution in [-0.4, -0.2) is 28.9 Å². The topological polar surface area (TPSA) is 46.6 Å². The Balaban J connectivity index is 2.34. The number of benzene rings is 1. The van der Waals surface area contributed by atoms with Crippen LogP contribution in [0.25, 0.3) is 0 Å². The minimum Gasteiger partial charge on any atom is -0.451 e. The van der Waals surface area contributed by atoms with Crippen LogP contribution in [0.1, 0.15) is 45.7 Å². The molecule has 3 atom stereocenters. The maximum Gasteiger partial charge on any atom is 0.329 e. The molecule has 0 bridgehead atoms. The van der Waals surface area contributed by atoms with Gasteiger partial charge in [0.2, 0.25) is 0 Å². The lowest BCUT2D eigenvalue weighted by Crippen LogP contribution is -2.56. The van der Waals surface area contributed by atoms with E-state index in [1.54, 1.807) is 11.8 Å². The van der Waals surface area contributed by atoms with E-state index >= 15 is 0 Å². The van der Waals surface area contributed by atoms with E-state index in [1.807, 2.05) is 57.2 Å². The lowest BCUT2D eigenvalue weighted by atomic mass is 10.00. The molecule has 0 N–H and O–H groups in total. The average molecular weight is 301 g/mol. The zero-order valence-corrected chi connectivity index (χ0v) is 13.6. The summed E-state index contributed by atoms with van der Waals surface area (Å²) in [5.41, 5.74) is 2.13. The van der Waals surface area contributed by atoms with E-state index in [2.05, 4.69) is 0 Å². The molecule has 1 aromatic rings. The first kappa shape index (κ1) is 16.3. The van der Waals surface area contributed by atoms with Crippen LogP contribution in [0.3, 0.4) is 0 Å². The number of hydrogen-bond acceptors (Lipinski definition) is 3. The van der Waals surface area contributed by atoms with Crippen LogP contribution < -0.4 is 0 Å². The molecule has 1 aliphatic heterocycles. The smallest absolute Gasteiger partial charge is 0.329 e. The molecule has 0 saturated carbocycles. The van der Waals surface area contributed by atoms with Gasteiger partial charge in [-0.15, -0.1) is 0 Å². The number of carbonyl (C=O) groups is 2. The number of hydrogen-bond donors (Lipinski definition) is 0. The predicted molar refractivity (Wildman–Crippen MR) is 85.1 cm³/mol. The van der Waals surface area contributed by atoms with Crippen LogP contribution in [0.5, 0.6) is 0 Å². The summed E-state index contributed by atoms with van der Waals surface area (Å²) in [6.45, 7) is 7.53. The molecule has 118 valence electrons. The second-order valence-electron chi connectivity index (χ2n) is 5.94. The van der Waals surface area contributed by atoms with E-state index in [-0.39, 0.29) is 17.9 Å². The molecule has 1 saturated heterocycles. The highest BCUT2D eigenvalue weighted by Gasteiger charge is 2.42. The number of esters is 1. The van der Waals surface area contributed by atoms with Gasteiger partial charge in [0.15, 0.2) is 6.10 Å². The lowest BCUT2D eigenvalue weighted by Gasteiger charge is -2.40. The van der Waals surface area contributed by atoms with Gasteiger partial charge in [-0.2, -0.15) is 0 Å². The van der Waals surface area contributed by atoms with Gasteiger partial charge in [0.05, 0.1) is 6.04 Å². The van der Waals surface area contributed by atoms with Crippen molar-refractivity contribution >= 4 is 11.9 Å². The van der Waals surface area contributed by atoms with E-state index in [0.29, 0.717) is 6.42 Å². The number of nitrogens with zero attached hydrogens (tertiary/aromatic N) is 1. The van der Waals surface area contributed by atoms with Crippen LogP contribution in [0.4, 0.5) is 0 Å². The quantitative estimate of drug-likeness (QED) is 0.633. The first-order chi connectivity index (χ1) is 10.4. The van der Waals surface area contributed by atoms with Gasteiger partial charge in [0.1, 0.15) is 6.04 Å². The summed E-state index contributed by atoms with van der Waals surface area (Å²) >= 11 is 0. The predicted octanol–water partition coefficient (Wildman–Crippen LogP) is 3.25. The molecule has 1 heterocycles.